The first-order chi connectivity index (χ1) is 9.58. The van der Waals surface area contributed by atoms with Gasteiger partial charge in [-0.1, -0.05) is 13.8 Å². The predicted octanol–water partition coefficient (Wildman–Crippen LogP) is 2.22. The summed E-state index contributed by atoms with van der Waals surface area (Å²) in [6.45, 7) is 5.22. The Hall–Kier alpha value is -1.43. The number of carbonyl (C=O) groups excluding carboxylic acids is 2. The smallest absolute Gasteiger partial charge is 0.255 e. The maximum Gasteiger partial charge on any atom is 0.255 e. The fraction of sp³-hybridized carbons (Fsp3) is 0.500. The highest BCUT2D eigenvalue weighted by Crippen LogP contribution is 2.12. The van der Waals surface area contributed by atoms with Crippen LogP contribution in [0.1, 0.15) is 37.0 Å². The topological polar surface area (TPSA) is 62.3 Å². The molecule has 0 aliphatic heterocycles. The SMILES string of the molecule is CCCNC(=O)CN(CCC)C(=O)c1cncc(Br)c1. The molecule has 0 unspecified atom stereocenters. The number of nitrogens with one attached hydrogen (secondary N) is 1. The number of pyridine rings is 1. The highest BCUT2D eigenvalue weighted by Gasteiger charge is 2.18. The number of halogens is 1. The summed E-state index contributed by atoms with van der Waals surface area (Å²) in [6, 6.07) is 1.71. The molecule has 0 aromatic carbocycles. The first-order valence-corrected chi connectivity index (χ1v) is 7.54. The molecular formula is C14H20BrN3O2. The molecule has 0 aliphatic rings. The molecular weight excluding hydrogens is 322 g/mol. The van der Waals surface area contributed by atoms with Crippen LogP contribution in [-0.4, -0.2) is 41.3 Å². The van der Waals surface area contributed by atoms with E-state index in [0.717, 1.165) is 17.3 Å². The summed E-state index contributed by atoms with van der Waals surface area (Å²) in [5.74, 6) is -0.302. The van der Waals surface area contributed by atoms with Crippen LogP contribution >= 0.6 is 15.9 Å². The molecule has 2 amide bonds. The molecule has 20 heavy (non-hydrogen) atoms. The molecule has 1 aromatic rings. The second-order valence-electron chi connectivity index (χ2n) is 4.47. The van der Waals surface area contributed by atoms with E-state index < -0.39 is 0 Å². The zero-order valence-corrected chi connectivity index (χ0v) is 13.4. The van der Waals surface area contributed by atoms with Gasteiger partial charge in [-0.3, -0.25) is 14.6 Å². The number of nitrogens with zero attached hydrogens (tertiary/aromatic N) is 2. The van der Waals surface area contributed by atoms with Gasteiger partial charge in [-0.05, 0) is 34.8 Å². The van der Waals surface area contributed by atoms with E-state index in [2.05, 4.69) is 26.2 Å². The van der Waals surface area contributed by atoms with E-state index in [4.69, 9.17) is 0 Å². The van der Waals surface area contributed by atoms with Gasteiger partial charge in [-0.2, -0.15) is 0 Å². The van der Waals surface area contributed by atoms with Crippen molar-refractivity contribution >= 4 is 27.7 Å². The number of hydrogen-bond acceptors (Lipinski definition) is 3. The third kappa shape index (κ3) is 5.28. The largest absolute Gasteiger partial charge is 0.355 e. The molecule has 0 radical (unpaired) electrons. The molecule has 1 N–H and O–H groups in total. The summed E-state index contributed by atoms with van der Waals surface area (Å²) in [7, 11) is 0. The molecule has 0 saturated carbocycles. The summed E-state index contributed by atoms with van der Waals surface area (Å²) < 4.78 is 0.746. The van der Waals surface area contributed by atoms with Crippen LogP contribution in [0.4, 0.5) is 0 Å². The third-order valence-corrected chi connectivity index (χ3v) is 3.07. The summed E-state index contributed by atoms with van der Waals surface area (Å²) >= 11 is 3.29. The van der Waals surface area contributed by atoms with Crippen LogP contribution < -0.4 is 5.32 Å². The number of carbonyl (C=O) groups is 2. The molecule has 0 spiro atoms. The van der Waals surface area contributed by atoms with Gasteiger partial charge in [0, 0.05) is 30.0 Å². The lowest BCUT2D eigenvalue weighted by Gasteiger charge is -2.21. The van der Waals surface area contributed by atoms with Crippen LogP contribution in [0.5, 0.6) is 0 Å². The second kappa shape index (κ2) is 8.68. The normalized spacial score (nSPS) is 10.2. The zero-order chi connectivity index (χ0) is 15.0. The van der Waals surface area contributed by atoms with Gasteiger partial charge in [0.2, 0.25) is 5.91 Å². The summed E-state index contributed by atoms with van der Waals surface area (Å²) in [6.07, 6.45) is 4.81. The Labute approximate surface area is 127 Å². The van der Waals surface area contributed by atoms with Gasteiger partial charge in [0.15, 0.2) is 0 Å². The average Bonchev–Trinajstić information content (AvgIpc) is 2.44. The lowest BCUT2D eigenvalue weighted by Crippen LogP contribution is -2.41. The van der Waals surface area contributed by atoms with E-state index in [1.54, 1.807) is 17.2 Å². The highest BCUT2D eigenvalue weighted by molar-refractivity contribution is 9.10. The monoisotopic (exact) mass is 341 g/mol. The quantitative estimate of drug-likeness (QED) is 0.827. The lowest BCUT2D eigenvalue weighted by atomic mass is 10.2. The molecule has 6 heteroatoms. The van der Waals surface area contributed by atoms with E-state index in [0.29, 0.717) is 18.7 Å². The molecule has 0 bridgehead atoms. The van der Waals surface area contributed by atoms with Crippen molar-refractivity contribution in [2.75, 3.05) is 19.6 Å². The molecule has 110 valence electrons. The van der Waals surface area contributed by atoms with Gasteiger partial charge < -0.3 is 10.2 Å². The Morgan fingerprint density at radius 2 is 2.05 bits per heavy atom. The van der Waals surface area contributed by atoms with E-state index in [9.17, 15) is 9.59 Å². The maximum absolute atomic E-state index is 12.4. The van der Waals surface area contributed by atoms with Crippen molar-refractivity contribution < 1.29 is 9.59 Å². The number of hydrogen-bond donors (Lipinski definition) is 1. The van der Waals surface area contributed by atoms with Crippen LogP contribution in [0.25, 0.3) is 0 Å². The second-order valence-corrected chi connectivity index (χ2v) is 5.38. The first-order valence-electron chi connectivity index (χ1n) is 6.75. The Kier molecular flexibility index (Phi) is 7.22. The van der Waals surface area contributed by atoms with E-state index in [1.807, 2.05) is 13.8 Å². The van der Waals surface area contributed by atoms with E-state index >= 15 is 0 Å². The molecule has 0 aliphatic carbocycles. The predicted molar refractivity (Wildman–Crippen MR) is 81.4 cm³/mol. The van der Waals surface area contributed by atoms with Crippen molar-refractivity contribution in [1.82, 2.24) is 15.2 Å². The van der Waals surface area contributed by atoms with Crippen LogP contribution in [0.3, 0.4) is 0 Å². The standard InChI is InChI=1S/C14H20BrN3O2/c1-3-5-17-13(19)10-18(6-4-2)14(20)11-7-12(15)9-16-8-11/h7-9H,3-6,10H2,1-2H3,(H,17,19). The minimum atomic E-state index is -0.174. The Morgan fingerprint density at radius 1 is 1.30 bits per heavy atom. The molecule has 1 aromatic heterocycles. The molecule has 0 atom stereocenters. The van der Waals surface area contributed by atoms with Crippen molar-refractivity contribution in [1.29, 1.82) is 0 Å². The van der Waals surface area contributed by atoms with Crippen LogP contribution in [0.15, 0.2) is 22.9 Å². The molecule has 1 rings (SSSR count). The summed E-state index contributed by atoms with van der Waals surface area (Å²) in [5.41, 5.74) is 0.483. The Morgan fingerprint density at radius 3 is 2.65 bits per heavy atom. The number of rotatable bonds is 7. The van der Waals surface area contributed by atoms with Gasteiger partial charge in [0.25, 0.3) is 5.91 Å². The first kappa shape index (κ1) is 16.6. The van der Waals surface area contributed by atoms with Gasteiger partial charge in [-0.15, -0.1) is 0 Å². The number of amides is 2. The molecule has 1 heterocycles. The van der Waals surface area contributed by atoms with E-state index in [1.165, 1.54) is 6.20 Å². The average molecular weight is 342 g/mol. The minimum absolute atomic E-state index is 0.0825. The van der Waals surface area contributed by atoms with E-state index in [-0.39, 0.29) is 18.4 Å². The zero-order valence-electron chi connectivity index (χ0n) is 11.9. The van der Waals surface area contributed by atoms with Gasteiger partial charge in [0.05, 0.1) is 12.1 Å². The van der Waals surface area contributed by atoms with Crippen LogP contribution in [0.2, 0.25) is 0 Å². The van der Waals surface area contributed by atoms with Crippen molar-refractivity contribution in [2.45, 2.75) is 26.7 Å². The molecule has 0 fully saturated rings. The fourth-order valence-corrected chi connectivity index (χ4v) is 2.09. The maximum atomic E-state index is 12.4. The van der Waals surface area contributed by atoms with Gasteiger partial charge >= 0.3 is 0 Å². The van der Waals surface area contributed by atoms with Crippen molar-refractivity contribution in [3.8, 4) is 0 Å². The highest BCUT2D eigenvalue weighted by atomic mass is 79.9. The number of aromatic nitrogens is 1. The Bertz CT molecular complexity index is 465. The van der Waals surface area contributed by atoms with Crippen molar-refractivity contribution in [2.24, 2.45) is 0 Å². The van der Waals surface area contributed by atoms with Gasteiger partial charge in [0.1, 0.15) is 0 Å². The Balaban J connectivity index is 2.74. The molecule has 0 saturated heterocycles. The fourth-order valence-electron chi connectivity index (χ4n) is 1.73. The van der Waals surface area contributed by atoms with Crippen LogP contribution in [-0.2, 0) is 4.79 Å². The lowest BCUT2D eigenvalue weighted by molar-refractivity contribution is -0.121. The molecule has 5 nitrogen and oxygen atoms in total. The van der Waals surface area contributed by atoms with Crippen LogP contribution in [0, 0.1) is 0 Å². The van der Waals surface area contributed by atoms with Crippen molar-refractivity contribution in [3.05, 3.63) is 28.5 Å². The van der Waals surface area contributed by atoms with Crippen molar-refractivity contribution in [3.63, 3.8) is 0 Å². The summed E-state index contributed by atoms with van der Waals surface area (Å²) in [4.78, 5) is 29.7. The minimum Gasteiger partial charge on any atom is -0.355 e. The third-order valence-electron chi connectivity index (χ3n) is 2.64. The summed E-state index contributed by atoms with van der Waals surface area (Å²) in [5, 5.41) is 2.78. The van der Waals surface area contributed by atoms with Gasteiger partial charge in [-0.25, -0.2) is 0 Å².